The smallest absolute Gasteiger partial charge is 0.408 e. The molecule has 12 nitrogen and oxygen atoms in total. The quantitative estimate of drug-likeness (QED) is 0.0678. The molecule has 298 valence electrons. The molecule has 1 aliphatic carbocycles. The summed E-state index contributed by atoms with van der Waals surface area (Å²) in [5, 5.41) is 27.8. The van der Waals surface area contributed by atoms with Crippen molar-refractivity contribution in [1.29, 1.82) is 0 Å². The minimum Gasteiger partial charge on any atom is -0.506 e. The number of amides is 1. The molecule has 3 aromatic carbocycles. The summed E-state index contributed by atoms with van der Waals surface area (Å²) in [6.07, 6.45) is 5.67. The summed E-state index contributed by atoms with van der Waals surface area (Å²) in [6.45, 7) is 4.85. The van der Waals surface area contributed by atoms with Gasteiger partial charge in [0.25, 0.3) is 0 Å². The molecule has 2 unspecified atom stereocenters. The van der Waals surface area contributed by atoms with Crippen molar-refractivity contribution in [3.63, 3.8) is 0 Å². The van der Waals surface area contributed by atoms with Gasteiger partial charge in [0, 0.05) is 24.5 Å². The highest BCUT2D eigenvalue weighted by molar-refractivity contribution is 5.87. The van der Waals surface area contributed by atoms with Crippen LogP contribution in [0, 0.1) is 17.8 Å². The maximum Gasteiger partial charge on any atom is 0.408 e. The number of aromatic nitrogens is 1. The number of carbonyl (C=O) groups excluding carboxylic acids is 2. The molecular weight excluding hydrogens is 713 g/mol. The zero-order valence-electron chi connectivity index (χ0n) is 31.9. The molecule has 3 atom stereocenters. The molecule has 4 fully saturated rings. The fraction of sp³-hybridized carbons (Fsp3) is 0.477. The number of esters is 1. The molecule has 4 aromatic rings. The van der Waals surface area contributed by atoms with Gasteiger partial charge in [0.2, 0.25) is 5.56 Å². The van der Waals surface area contributed by atoms with Crippen molar-refractivity contribution < 1.29 is 34.0 Å². The van der Waals surface area contributed by atoms with Gasteiger partial charge in [-0.25, -0.2) is 4.79 Å². The Morgan fingerprint density at radius 1 is 0.893 bits per heavy atom. The third-order valence-corrected chi connectivity index (χ3v) is 11.7. The Hall–Kier alpha value is -4.91. The monoisotopic (exact) mass is 766 g/mol. The van der Waals surface area contributed by atoms with Gasteiger partial charge >= 0.3 is 12.1 Å². The maximum absolute atomic E-state index is 13.2. The number of fused-ring (bicyclic) bond motifs is 4. The van der Waals surface area contributed by atoms with Gasteiger partial charge in [-0.05, 0) is 124 Å². The van der Waals surface area contributed by atoms with E-state index in [-0.39, 0.29) is 35.3 Å². The molecule has 2 bridgehead atoms. The summed E-state index contributed by atoms with van der Waals surface area (Å²) in [6, 6.07) is 23.5. The summed E-state index contributed by atoms with van der Waals surface area (Å²) in [7, 11) is 0. The Labute approximate surface area is 327 Å². The van der Waals surface area contributed by atoms with Crippen LogP contribution in [0.1, 0.15) is 80.2 Å². The number of ether oxygens (including phenoxy) is 3. The minimum atomic E-state index is -0.821. The van der Waals surface area contributed by atoms with E-state index in [9.17, 15) is 24.6 Å². The van der Waals surface area contributed by atoms with Crippen LogP contribution in [0.2, 0.25) is 0 Å². The third-order valence-electron chi connectivity index (χ3n) is 11.7. The Kier molecular flexibility index (Phi) is 13.2. The number of pyridine rings is 1. The average Bonchev–Trinajstić information content (AvgIpc) is 3.23. The van der Waals surface area contributed by atoms with E-state index in [0.717, 1.165) is 81.5 Å². The normalized spacial score (nSPS) is 22.9. The maximum atomic E-state index is 13.2. The number of aliphatic hydroxyl groups is 1. The van der Waals surface area contributed by atoms with Gasteiger partial charge < -0.3 is 40.0 Å². The zero-order valence-corrected chi connectivity index (χ0v) is 31.9. The number of phenolic OH excluding ortho intramolecular Hbond substituents is 1. The second kappa shape index (κ2) is 18.8. The van der Waals surface area contributed by atoms with Crippen molar-refractivity contribution in [3.8, 4) is 11.5 Å². The molecule has 3 saturated heterocycles. The van der Waals surface area contributed by atoms with Crippen molar-refractivity contribution in [2.45, 2.75) is 69.6 Å². The van der Waals surface area contributed by atoms with Gasteiger partial charge in [0.05, 0.1) is 36.8 Å². The van der Waals surface area contributed by atoms with E-state index in [1.165, 1.54) is 12.1 Å². The van der Waals surface area contributed by atoms with E-state index in [1.54, 1.807) is 12.1 Å². The first-order valence-corrected chi connectivity index (χ1v) is 20.2. The highest BCUT2D eigenvalue weighted by Gasteiger charge is 2.37. The number of nitrogens with one attached hydrogen (secondary N) is 3. The molecule has 4 heterocycles. The van der Waals surface area contributed by atoms with Crippen LogP contribution in [0.5, 0.6) is 11.5 Å². The number of aromatic hydroxyl groups is 1. The van der Waals surface area contributed by atoms with Gasteiger partial charge in [-0.2, -0.15) is 0 Å². The van der Waals surface area contributed by atoms with Crippen molar-refractivity contribution in [2.24, 2.45) is 17.8 Å². The van der Waals surface area contributed by atoms with Crippen LogP contribution in [-0.4, -0.2) is 84.2 Å². The lowest BCUT2D eigenvalue weighted by molar-refractivity contribution is -0.150. The van der Waals surface area contributed by atoms with E-state index < -0.39 is 12.2 Å². The third kappa shape index (κ3) is 10.1. The summed E-state index contributed by atoms with van der Waals surface area (Å²) < 4.78 is 17.9. The number of unbranched alkanes of at least 4 members (excludes halogenated alkanes) is 1. The van der Waals surface area contributed by atoms with Gasteiger partial charge in [-0.1, -0.05) is 48.5 Å². The van der Waals surface area contributed by atoms with Crippen LogP contribution in [0.15, 0.2) is 83.7 Å². The minimum absolute atomic E-state index is 0.0430. The molecule has 3 aliphatic heterocycles. The van der Waals surface area contributed by atoms with Gasteiger partial charge in [0.15, 0.2) is 0 Å². The SMILES string of the molecule is O=C(NC(c1ccccc1)c1cccc(OCC2CCC(C(=O)OCCCCNCC(O)c3ccc(O)c4[nH]c(=O)ccc34)CC2)c1)O[C@H]1CN2CCC1CC2. The standard InChI is InChI=1S/C44H54N4O8/c49-37-17-15-35(36-16-18-40(51)46-42(36)37)38(50)26-45-21-4-5-24-54-43(52)32-13-11-29(12-14-32)28-55-34-10-6-9-33(25-34)41(31-7-2-1-3-8-31)47-44(53)56-39-27-48-22-19-30(39)20-23-48/h1-3,6-10,15-18,25,29-30,32,38-39,41,45,49-50H,4-5,11-14,19-24,26-28H2,(H,46,51)(H,47,53)/t29?,32?,38?,39-,41?/m0/s1. The number of aromatic amines is 1. The summed E-state index contributed by atoms with van der Waals surface area (Å²) in [5.41, 5.74) is 2.49. The lowest BCUT2D eigenvalue weighted by Gasteiger charge is -2.43. The van der Waals surface area contributed by atoms with Gasteiger partial charge in [0.1, 0.15) is 17.6 Å². The number of H-pyrrole nitrogens is 1. The Morgan fingerprint density at radius 2 is 1.68 bits per heavy atom. The first kappa shape index (κ1) is 39.3. The number of rotatable bonds is 16. The summed E-state index contributed by atoms with van der Waals surface area (Å²) in [4.78, 5) is 42.7. The highest BCUT2D eigenvalue weighted by atomic mass is 16.6. The topological polar surface area (TPSA) is 162 Å². The van der Waals surface area contributed by atoms with Crippen molar-refractivity contribution in [1.82, 2.24) is 20.5 Å². The van der Waals surface area contributed by atoms with E-state index in [4.69, 9.17) is 14.2 Å². The van der Waals surface area contributed by atoms with Crippen molar-refractivity contribution in [2.75, 3.05) is 45.9 Å². The molecule has 1 aromatic heterocycles. The molecule has 5 N–H and O–H groups in total. The number of benzene rings is 3. The molecule has 12 heteroatoms. The van der Waals surface area contributed by atoms with Crippen molar-refractivity contribution >= 4 is 23.0 Å². The van der Waals surface area contributed by atoms with Crippen LogP contribution in [0.3, 0.4) is 0 Å². The molecule has 1 amide bonds. The lowest BCUT2D eigenvalue weighted by Crippen LogP contribution is -2.52. The highest BCUT2D eigenvalue weighted by Crippen LogP contribution is 2.33. The number of hydrogen-bond donors (Lipinski definition) is 5. The largest absolute Gasteiger partial charge is 0.506 e. The number of phenols is 1. The first-order chi connectivity index (χ1) is 27.3. The number of nitrogens with zero attached hydrogens (tertiary/aromatic N) is 1. The van der Waals surface area contributed by atoms with Gasteiger partial charge in [-0.15, -0.1) is 0 Å². The summed E-state index contributed by atoms with van der Waals surface area (Å²) >= 11 is 0. The van der Waals surface area contributed by atoms with E-state index in [1.807, 2.05) is 54.6 Å². The van der Waals surface area contributed by atoms with E-state index >= 15 is 0 Å². The van der Waals surface area contributed by atoms with Crippen LogP contribution >= 0.6 is 0 Å². The average molecular weight is 767 g/mol. The number of carbonyl (C=O) groups is 2. The second-order valence-corrected chi connectivity index (χ2v) is 15.6. The molecule has 8 rings (SSSR count). The predicted octanol–water partition coefficient (Wildman–Crippen LogP) is 5.98. The van der Waals surface area contributed by atoms with Gasteiger partial charge in [-0.3, -0.25) is 14.5 Å². The Balaban J connectivity index is 0.803. The van der Waals surface area contributed by atoms with Crippen LogP contribution < -0.4 is 20.9 Å². The van der Waals surface area contributed by atoms with E-state index in [2.05, 4.69) is 20.5 Å². The number of aliphatic hydroxyl groups excluding tert-OH is 1. The Bertz CT molecular complexity index is 1970. The fourth-order valence-electron chi connectivity index (χ4n) is 8.44. The zero-order chi connectivity index (χ0) is 38.9. The molecule has 0 spiro atoms. The molecular formula is C44H54N4O8. The molecule has 0 radical (unpaired) electrons. The predicted molar refractivity (Wildman–Crippen MR) is 212 cm³/mol. The van der Waals surface area contributed by atoms with E-state index in [0.29, 0.717) is 61.0 Å². The lowest BCUT2D eigenvalue weighted by atomic mass is 9.82. The van der Waals surface area contributed by atoms with Crippen molar-refractivity contribution in [3.05, 3.63) is 106 Å². The van der Waals surface area contributed by atoms with Crippen LogP contribution in [-0.2, 0) is 14.3 Å². The number of piperidine rings is 3. The molecule has 4 aliphatic rings. The number of hydrogen-bond acceptors (Lipinski definition) is 10. The molecule has 1 saturated carbocycles. The molecule has 56 heavy (non-hydrogen) atoms. The number of alkyl carbamates (subject to hydrolysis) is 1. The van der Waals surface area contributed by atoms with Crippen LogP contribution in [0.25, 0.3) is 10.9 Å². The second-order valence-electron chi connectivity index (χ2n) is 15.6. The first-order valence-electron chi connectivity index (χ1n) is 20.2. The summed E-state index contributed by atoms with van der Waals surface area (Å²) in [5.74, 6) is 1.24. The fourth-order valence-corrected chi connectivity index (χ4v) is 8.44. The van der Waals surface area contributed by atoms with Crippen LogP contribution in [0.4, 0.5) is 4.79 Å². The Morgan fingerprint density at radius 3 is 2.45 bits per heavy atom.